The van der Waals surface area contributed by atoms with Gasteiger partial charge in [0.15, 0.2) is 5.82 Å². The number of rotatable bonds is 4. The summed E-state index contributed by atoms with van der Waals surface area (Å²) in [5.74, 6) is 0.722. The van der Waals surface area contributed by atoms with E-state index in [0.717, 1.165) is 26.6 Å². The number of nitrogens with one attached hydrogen (secondary N) is 1. The molecule has 0 atom stereocenters. The minimum Gasteiger partial charge on any atom is -0.380 e. The molecular formula is C14H11BrClN5. The lowest BCUT2D eigenvalue weighted by Gasteiger charge is -2.08. The average molecular weight is 365 g/mol. The molecule has 1 N–H and O–H groups in total. The molecule has 106 valence electrons. The van der Waals surface area contributed by atoms with Crippen LogP contribution in [0.1, 0.15) is 5.56 Å². The molecule has 0 spiro atoms. The first kappa shape index (κ1) is 14.0. The number of benzene rings is 1. The van der Waals surface area contributed by atoms with Crippen LogP contribution in [0, 0.1) is 0 Å². The van der Waals surface area contributed by atoms with E-state index in [0.29, 0.717) is 6.54 Å². The molecule has 0 aliphatic rings. The van der Waals surface area contributed by atoms with E-state index in [4.69, 9.17) is 11.6 Å². The second-order valence-electron chi connectivity index (χ2n) is 4.33. The van der Waals surface area contributed by atoms with E-state index >= 15 is 0 Å². The molecule has 0 fully saturated rings. The molecule has 0 amide bonds. The van der Waals surface area contributed by atoms with Gasteiger partial charge in [0, 0.05) is 16.0 Å². The smallest absolute Gasteiger partial charge is 0.155 e. The van der Waals surface area contributed by atoms with Crippen molar-refractivity contribution in [2.45, 2.75) is 6.54 Å². The summed E-state index contributed by atoms with van der Waals surface area (Å²) in [5, 5.41) is 8.04. The first-order valence-electron chi connectivity index (χ1n) is 6.21. The highest BCUT2D eigenvalue weighted by molar-refractivity contribution is 9.10. The molecule has 3 rings (SSSR count). The summed E-state index contributed by atoms with van der Waals surface area (Å²) in [4.78, 5) is 8.22. The van der Waals surface area contributed by atoms with E-state index in [9.17, 15) is 0 Å². The van der Waals surface area contributed by atoms with Crippen LogP contribution >= 0.6 is 27.5 Å². The normalized spacial score (nSPS) is 10.6. The predicted molar refractivity (Wildman–Crippen MR) is 85.6 cm³/mol. The minimum atomic E-state index is 0.635. The van der Waals surface area contributed by atoms with E-state index in [1.807, 2.05) is 30.3 Å². The SMILES string of the molecule is Clc1cc(Br)ccc1CNc1ccc(-n2cncn2)nc1. The van der Waals surface area contributed by atoms with Gasteiger partial charge in [-0.15, -0.1) is 0 Å². The maximum atomic E-state index is 6.18. The molecule has 1 aromatic carbocycles. The number of pyridine rings is 1. The molecule has 0 aliphatic carbocycles. The largest absolute Gasteiger partial charge is 0.380 e. The molecule has 2 aromatic heterocycles. The number of halogens is 2. The molecule has 21 heavy (non-hydrogen) atoms. The zero-order chi connectivity index (χ0) is 14.7. The summed E-state index contributed by atoms with van der Waals surface area (Å²) < 4.78 is 2.57. The summed E-state index contributed by atoms with van der Waals surface area (Å²) >= 11 is 9.58. The van der Waals surface area contributed by atoms with Gasteiger partial charge in [0.05, 0.1) is 11.9 Å². The Hall–Kier alpha value is -1.92. The van der Waals surface area contributed by atoms with Gasteiger partial charge >= 0.3 is 0 Å². The van der Waals surface area contributed by atoms with Crippen LogP contribution in [-0.2, 0) is 6.54 Å². The molecule has 0 bridgehead atoms. The number of hydrogen-bond acceptors (Lipinski definition) is 4. The summed E-state index contributed by atoms with van der Waals surface area (Å²) in [7, 11) is 0. The summed E-state index contributed by atoms with van der Waals surface area (Å²) in [5.41, 5.74) is 1.94. The lowest BCUT2D eigenvalue weighted by Crippen LogP contribution is -2.02. The lowest BCUT2D eigenvalue weighted by atomic mass is 10.2. The Kier molecular flexibility index (Phi) is 4.17. The third kappa shape index (κ3) is 3.40. The van der Waals surface area contributed by atoms with Crippen molar-refractivity contribution in [2.75, 3.05) is 5.32 Å². The van der Waals surface area contributed by atoms with E-state index < -0.39 is 0 Å². The van der Waals surface area contributed by atoms with Gasteiger partial charge in [-0.05, 0) is 29.8 Å². The molecule has 0 saturated heterocycles. The molecule has 2 heterocycles. The van der Waals surface area contributed by atoms with Gasteiger partial charge in [0.25, 0.3) is 0 Å². The van der Waals surface area contributed by atoms with Crippen molar-refractivity contribution in [1.82, 2.24) is 19.7 Å². The molecule has 0 radical (unpaired) electrons. The van der Waals surface area contributed by atoms with Crippen LogP contribution in [0.4, 0.5) is 5.69 Å². The van der Waals surface area contributed by atoms with Gasteiger partial charge in [-0.1, -0.05) is 33.6 Å². The van der Waals surface area contributed by atoms with Crippen molar-refractivity contribution < 1.29 is 0 Å². The second-order valence-corrected chi connectivity index (χ2v) is 5.66. The monoisotopic (exact) mass is 363 g/mol. The first-order valence-corrected chi connectivity index (χ1v) is 7.38. The highest BCUT2D eigenvalue weighted by atomic mass is 79.9. The van der Waals surface area contributed by atoms with Crippen molar-refractivity contribution >= 4 is 33.2 Å². The Morgan fingerprint density at radius 3 is 2.81 bits per heavy atom. The fraction of sp³-hybridized carbons (Fsp3) is 0.0714. The first-order chi connectivity index (χ1) is 10.2. The van der Waals surface area contributed by atoms with Crippen molar-refractivity contribution in [3.05, 3.63) is 64.2 Å². The number of hydrogen-bond donors (Lipinski definition) is 1. The Morgan fingerprint density at radius 2 is 2.14 bits per heavy atom. The standard InChI is InChI=1S/C14H11BrClN5/c15-11-2-1-10(13(16)5-11)6-18-12-3-4-14(19-7-12)21-9-17-8-20-21/h1-5,7-9,18H,6H2. The van der Waals surface area contributed by atoms with Crippen LogP contribution in [-0.4, -0.2) is 19.7 Å². The quantitative estimate of drug-likeness (QED) is 0.767. The average Bonchev–Trinajstić information content (AvgIpc) is 3.01. The van der Waals surface area contributed by atoms with Gasteiger partial charge < -0.3 is 5.32 Å². The van der Waals surface area contributed by atoms with Crippen molar-refractivity contribution in [2.24, 2.45) is 0 Å². The Bertz CT molecular complexity index is 728. The number of aromatic nitrogens is 4. The molecule has 0 saturated carbocycles. The van der Waals surface area contributed by atoms with Crippen molar-refractivity contribution in [3.8, 4) is 5.82 Å². The zero-order valence-corrected chi connectivity index (χ0v) is 13.2. The van der Waals surface area contributed by atoms with Crippen LogP contribution in [0.3, 0.4) is 0 Å². The third-order valence-corrected chi connectivity index (χ3v) is 3.74. The lowest BCUT2D eigenvalue weighted by molar-refractivity contribution is 0.845. The van der Waals surface area contributed by atoms with Crippen LogP contribution in [0.15, 0.2) is 53.7 Å². The van der Waals surface area contributed by atoms with Gasteiger partial charge in [-0.3, -0.25) is 0 Å². The van der Waals surface area contributed by atoms with Gasteiger partial charge in [-0.25, -0.2) is 14.6 Å². The topological polar surface area (TPSA) is 55.6 Å². The fourth-order valence-electron chi connectivity index (χ4n) is 1.82. The molecule has 0 unspecified atom stereocenters. The van der Waals surface area contributed by atoms with E-state index in [-0.39, 0.29) is 0 Å². The zero-order valence-electron chi connectivity index (χ0n) is 10.9. The molecule has 0 aliphatic heterocycles. The third-order valence-electron chi connectivity index (χ3n) is 2.90. The Balaban J connectivity index is 1.68. The van der Waals surface area contributed by atoms with Crippen LogP contribution < -0.4 is 5.32 Å². The van der Waals surface area contributed by atoms with E-state index in [1.54, 1.807) is 17.2 Å². The second kappa shape index (κ2) is 6.24. The summed E-state index contributed by atoms with van der Waals surface area (Å²) in [6.45, 7) is 0.635. The van der Waals surface area contributed by atoms with E-state index in [2.05, 4.69) is 36.3 Å². The number of nitrogens with zero attached hydrogens (tertiary/aromatic N) is 4. The van der Waals surface area contributed by atoms with Crippen LogP contribution in [0.25, 0.3) is 5.82 Å². The predicted octanol–water partition coefficient (Wildman–Crippen LogP) is 3.69. The highest BCUT2D eigenvalue weighted by Gasteiger charge is 2.02. The number of anilines is 1. The van der Waals surface area contributed by atoms with Crippen LogP contribution in [0.2, 0.25) is 5.02 Å². The molecule has 5 nitrogen and oxygen atoms in total. The van der Waals surface area contributed by atoms with Crippen molar-refractivity contribution in [1.29, 1.82) is 0 Å². The highest BCUT2D eigenvalue weighted by Crippen LogP contribution is 2.22. The Labute approximate surface area is 135 Å². The minimum absolute atomic E-state index is 0.635. The molecule has 3 aromatic rings. The van der Waals surface area contributed by atoms with Crippen molar-refractivity contribution in [3.63, 3.8) is 0 Å². The van der Waals surface area contributed by atoms with Gasteiger partial charge in [0.2, 0.25) is 0 Å². The van der Waals surface area contributed by atoms with Gasteiger partial charge in [0.1, 0.15) is 12.7 Å². The molecular weight excluding hydrogens is 354 g/mol. The maximum Gasteiger partial charge on any atom is 0.155 e. The van der Waals surface area contributed by atoms with Crippen LogP contribution in [0.5, 0.6) is 0 Å². The summed E-state index contributed by atoms with van der Waals surface area (Å²) in [6, 6.07) is 9.65. The molecule has 7 heteroatoms. The Morgan fingerprint density at radius 1 is 1.24 bits per heavy atom. The summed E-state index contributed by atoms with van der Waals surface area (Å²) in [6.07, 6.45) is 4.84. The van der Waals surface area contributed by atoms with E-state index in [1.165, 1.54) is 6.33 Å². The fourth-order valence-corrected chi connectivity index (χ4v) is 2.56. The maximum absolute atomic E-state index is 6.18. The van der Waals surface area contributed by atoms with Gasteiger partial charge in [-0.2, -0.15) is 5.10 Å².